The molecule has 4 rings (SSSR count). The first kappa shape index (κ1) is 27.7. The number of methoxy groups -OCH3 is 1. The lowest BCUT2D eigenvalue weighted by atomic mass is 10.1. The Morgan fingerprint density at radius 3 is 2.00 bits per heavy atom. The van der Waals surface area contributed by atoms with E-state index in [2.05, 4.69) is 47.7 Å². The van der Waals surface area contributed by atoms with E-state index in [-0.39, 0.29) is 11.7 Å². The van der Waals surface area contributed by atoms with Gasteiger partial charge in [-0.3, -0.25) is 9.59 Å². The molecule has 0 aliphatic rings. The fraction of sp³-hybridized carbons (Fsp3) is 0.0345. The number of hydrazone groups is 1. The lowest BCUT2D eigenvalue weighted by Crippen LogP contribution is -2.18. The van der Waals surface area contributed by atoms with Crippen LogP contribution in [0.3, 0.4) is 0 Å². The Balaban J connectivity index is 1.37. The van der Waals surface area contributed by atoms with E-state index < -0.39 is 11.9 Å². The molecule has 4 aromatic rings. The second kappa shape index (κ2) is 13.0. The lowest BCUT2D eigenvalue weighted by Gasteiger charge is -2.08. The van der Waals surface area contributed by atoms with E-state index in [1.54, 1.807) is 98.1 Å². The first-order chi connectivity index (χ1) is 18.8. The Labute approximate surface area is 241 Å². The first-order valence-electron chi connectivity index (χ1n) is 11.5. The Kier molecular flexibility index (Phi) is 9.24. The second-order valence-corrected chi connectivity index (χ2v) is 9.87. The van der Waals surface area contributed by atoms with Gasteiger partial charge in [0.05, 0.1) is 18.9 Å². The average molecular weight is 651 g/mol. The molecule has 8 nitrogen and oxygen atoms in total. The minimum Gasteiger partial charge on any atom is -0.497 e. The number of rotatable bonds is 8. The summed E-state index contributed by atoms with van der Waals surface area (Å²) in [6, 6.07) is 25.0. The molecule has 2 amide bonds. The van der Waals surface area contributed by atoms with E-state index in [9.17, 15) is 14.4 Å². The minimum absolute atomic E-state index is 0.279. The van der Waals surface area contributed by atoms with Gasteiger partial charge in [-0.2, -0.15) is 5.10 Å². The molecule has 0 saturated carbocycles. The third-order valence-electron chi connectivity index (χ3n) is 5.38. The first-order valence-corrected chi connectivity index (χ1v) is 13.1. The maximum Gasteiger partial charge on any atom is 0.343 e. The molecule has 0 heterocycles. The lowest BCUT2D eigenvalue weighted by molar-refractivity contribution is 0.0733. The molecule has 0 saturated heterocycles. The molecule has 0 fully saturated rings. The summed E-state index contributed by atoms with van der Waals surface area (Å²) in [7, 11) is 1.55. The molecular weight excluding hydrogens is 630 g/mol. The van der Waals surface area contributed by atoms with Crippen LogP contribution in [0.15, 0.2) is 105 Å². The van der Waals surface area contributed by atoms with Crippen LogP contribution in [0.2, 0.25) is 0 Å². The number of esters is 1. The molecular formula is C29H21Br2N3O5. The topological polar surface area (TPSA) is 106 Å². The van der Waals surface area contributed by atoms with Crippen molar-refractivity contribution >= 4 is 61.5 Å². The molecule has 10 heteroatoms. The third-order valence-corrected chi connectivity index (χ3v) is 6.40. The summed E-state index contributed by atoms with van der Waals surface area (Å²) >= 11 is 6.72. The number of carbonyl (C=O) groups excluding carboxylic acids is 3. The zero-order valence-corrected chi connectivity index (χ0v) is 23.7. The second-order valence-electron chi connectivity index (χ2n) is 8.04. The van der Waals surface area contributed by atoms with E-state index in [1.165, 1.54) is 6.21 Å². The van der Waals surface area contributed by atoms with Crippen molar-refractivity contribution in [2.45, 2.75) is 0 Å². The van der Waals surface area contributed by atoms with Crippen molar-refractivity contribution in [1.82, 2.24) is 5.43 Å². The van der Waals surface area contributed by atoms with Crippen LogP contribution in [-0.4, -0.2) is 31.1 Å². The van der Waals surface area contributed by atoms with Crippen molar-refractivity contribution in [2.75, 3.05) is 12.4 Å². The van der Waals surface area contributed by atoms with Gasteiger partial charge in [-0.25, -0.2) is 10.2 Å². The maximum absolute atomic E-state index is 12.6. The summed E-state index contributed by atoms with van der Waals surface area (Å²) in [6.07, 6.45) is 1.39. The normalized spacial score (nSPS) is 10.6. The molecule has 2 N–H and O–H groups in total. The van der Waals surface area contributed by atoms with E-state index in [0.717, 1.165) is 8.95 Å². The average Bonchev–Trinajstić information content (AvgIpc) is 2.95. The number of amides is 2. The largest absolute Gasteiger partial charge is 0.497 e. The van der Waals surface area contributed by atoms with Gasteiger partial charge in [0.1, 0.15) is 11.5 Å². The van der Waals surface area contributed by atoms with Gasteiger partial charge in [0.2, 0.25) is 0 Å². The summed E-state index contributed by atoms with van der Waals surface area (Å²) < 4.78 is 12.2. The van der Waals surface area contributed by atoms with E-state index >= 15 is 0 Å². The molecule has 0 spiro atoms. The highest BCUT2D eigenvalue weighted by Gasteiger charge is 2.12. The number of hydrogen-bond acceptors (Lipinski definition) is 6. The molecule has 0 unspecified atom stereocenters. The summed E-state index contributed by atoms with van der Waals surface area (Å²) in [6.45, 7) is 0. The van der Waals surface area contributed by atoms with Gasteiger partial charge in [-0.05, 0) is 91.0 Å². The summed E-state index contributed by atoms with van der Waals surface area (Å²) in [5, 5.41) is 6.79. The van der Waals surface area contributed by atoms with Crippen molar-refractivity contribution in [3.05, 3.63) is 122 Å². The predicted octanol–water partition coefficient (Wildman–Crippen LogP) is 6.46. The fourth-order valence-electron chi connectivity index (χ4n) is 3.33. The zero-order chi connectivity index (χ0) is 27.8. The Morgan fingerprint density at radius 2 is 1.33 bits per heavy atom. The number of nitrogens with one attached hydrogen (secondary N) is 2. The van der Waals surface area contributed by atoms with Gasteiger partial charge in [0.25, 0.3) is 11.8 Å². The Hall–Kier alpha value is -4.28. The number of benzene rings is 4. The number of carbonyl (C=O) groups is 3. The van der Waals surface area contributed by atoms with Crippen LogP contribution in [0, 0.1) is 0 Å². The minimum atomic E-state index is -0.525. The van der Waals surface area contributed by atoms with Gasteiger partial charge >= 0.3 is 5.97 Å². The number of nitrogens with zero attached hydrogens (tertiary/aromatic N) is 1. The Morgan fingerprint density at radius 1 is 0.744 bits per heavy atom. The molecule has 0 aliphatic carbocycles. The Bertz CT molecular complexity index is 1520. The smallest absolute Gasteiger partial charge is 0.343 e. The van der Waals surface area contributed by atoms with Crippen LogP contribution in [0.4, 0.5) is 5.69 Å². The van der Waals surface area contributed by atoms with Crippen molar-refractivity contribution in [2.24, 2.45) is 5.10 Å². The van der Waals surface area contributed by atoms with Crippen LogP contribution in [-0.2, 0) is 0 Å². The summed E-state index contributed by atoms with van der Waals surface area (Å²) in [5.74, 6) is -0.334. The van der Waals surface area contributed by atoms with E-state index in [4.69, 9.17) is 9.47 Å². The molecule has 0 aromatic heterocycles. The number of hydrogen-bond donors (Lipinski definition) is 2. The SMILES string of the molecule is COc1ccc(C(=O)Nc2ccc(C(=O)N/N=C\c3cc(Br)ccc3OC(=O)c3ccc(Br)cc3)cc2)cc1. The molecule has 4 aromatic carbocycles. The third kappa shape index (κ3) is 7.62. The highest BCUT2D eigenvalue weighted by Crippen LogP contribution is 2.23. The monoisotopic (exact) mass is 649 g/mol. The molecule has 0 radical (unpaired) electrons. The highest BCUT2D eigenvalue weighted by molar-refractivity contribution is 9.10. The van der Waals surface area contributed by atoms with Crippen LogP contribution in [0.1, 0.15) is 36.6 Å². The standard InChI is InChI=1S/C29H21Br2N3O5/c1-38-25-13-6-18(7-14-25)27(35)33-24-11-4-19(5-12-24)28(36)34-32-17-21-16-23(31)10-15-26(21)39-29(37)20-2-8-22(30)9-3-20/h2-17H,1H3,(H,33,35)(H,34,36)/b32-17-. The summed E-state index contributed by atoms with van der Waals surface area (Å²) in [5.41, 5.74) is 4.66. The van der Waals surface area contributed by atoms with Crippen molar-refractivity contribution in [3.63, 3.8) is 0 Å². The van der Waals surface area contributed by atoms with E-state index in [0.29, 0.717) is 33.7 Å². The number of anilines is 1. The van der Waals surface area contributed by atoms with Gasteiger partial charge < -0.3 is 14.8 Å². The van der Waals surface area contributed by atoms with Crippen molar-refractivity contribution in [3.8, 4) is 11.5 Å². The summed E-state index contributed by atoms with van der Waals surface area (Å²) in [4.78, 5) is 37.5. The quantitative estimate of drug-likeness (QED) is 0.0986. The van der Waals surface area contributed by atoms with Gasteiger partial charge in [0, 0.05) is 31.3 Å². The predicted molar refractivity (Wildman–Crippen MR) is 156 cm³/mol. The van der Waals surface area contributed by atoms with Gasteiger partial charge in [-0.15, -0.1) is 0 Å². The zero-order valence-electron chi connectivity index (χ0n) is 20.5. The van der Waals surface area contributed by atoms with E-state index in [1.807, 2.05) is 0 Å². The van der Waals surface area contributed by atoms with Gasteiger partial charge in [-0.1, -0.05) is 31.9 Å². The molecule has 0 aliphatic heterocycles. The van der Waals surface area contributed by atoms with Crippen molar-refractivity contribution in [1.29, 1.82) is 0 Å². The van der Waals surface area contributed by atoms with Gasteiger partial charge in [0.15, 0.2) is 0 Å². The molecule has 0 bridgehead atoms. The molecule has 196 valence electrons. The fourth-order valence-corrected chi connectivity index (χ4v) is 3.98. The van der Waals surface area contributed by atoms with Crippen molar-refractivity contribution < 1.29 is 23.9 Å². The van der Waals surface area contributed by atoms with Crippen LogP contribution < -0.4 is 20.2 Å². The highest BCUT2D eigenvalue weighted by atomic mass is 79.9. The van der Waals surface area contributed by atoms with Crippen LogP contribution in [0.25, 0.3) is 0 Å². The molecule has 0 atom stereocenters. The van der Waals surface area contributed by atoms with Crippen LogP contribution >= 0.6 is 31.9 Å². The number of ether oxygens (including phenoxy) is 2. The molecule has 39 heavy (non-hydrogen) atoms. The maximum atomic E-state index is 12.6. The van der Waals surface area contributed by atoms with Crippen LogP contribution in [0.5, 0.6) is 11.5 Å². The number of halogens is 2.